The molecule has 2 rings (SSSR count). The van der Waals surface area contributed by atoms with Gasteiger partial charge in [0.15, 0.2) is 0 Å². The van der Waals surface area contributed by atoms with Gasteiger partial charge in [-0.3, -0.25) is 5.41 Å². The van der Waals surface area contributed by atoms with Gasteiger partial charge in [0.05, 0.1) is 0 Å². The van der Waals surface area contributed by atoms with E-state index >= 15 is 0 Å². The Kier molecular flexibility index (Phi) is 3.10. The van der Waals surface area contributed by atoms with Gasteiger partial charge >= 0.3 is 0 Å². The van der Waals surface area contributed by atoms with Gasteiger partial charge in [-0.15, -0.1) is 0 Å². The minimum Gasteiger partial charge on any atom is -0.384 e. The van der Waals surface area contributed by atoms with Crippen molar-refractivity contribution in [1.82, 2.24) is 0 Å². The van der Waals surface area contributed by atoms with Crippen molar-refractivity contribution in [2.45, 2.75) is 6.92 Å². The number of hydrogen-bond donors (Lipinski definition) is 3. The summed E-state index contributed by atoms with van der Waals surface area (Å²) >= 11 is 0. The maximum absolute atomic E-state index is 7.51. The summed E-state index contributed by atoms with van der Waals surface area (Å²) in [4.78, 5) is 0. The molecular weight excluding hydrogens is 210 g/mol. The van der Waals surface area contributed by atoms with Crippen LogP contribution in [0.5, 0.6) is 0 Å². The molecule has 0 aliphatic rings. The van der Waals surface area contributed by atoms with E-state index in [9.17, 15) is 0 Å². The third kappa shape index (κ3) is 2.64. The zero-order chi connectivity index (χ0) is 12.3. The van der Waals surface area contributed by atoms with Crippen LogP contribution in [-0.4, -0.2) is 5.84 Å². The summed E-state index contributed by atoms with van der Waals surface area (Å²) < 4.78 is 0. The number of nitrogens with two attached hydrogens (primary N) is 1. The van der Waals surface area contributed by atoms with Crippen LogP contribution in [0.25, 0.3) is 0 Å². The van der Waals surface area contributed by atoms with Gasteiger partial charge in [0.2, 0.25) is 0 Å². The molecule has 0 heterocycles. The summed E-state index contributed by atoms with van der Waals surface area (Å²) in [5, 5.41) is 10.8. The summed E-state index contributed by atoms with van der Waals surface area (Å²) in [6.07, 6.45) is 0. The highest BCUT2D eigenvalue weighted by atomic mass is 14.9. The van der Waals surface area contributed by atoms with Crippen molar-refractivity contribution in [3.8, 4) is 0 Å². The van der Waals surface area contributed by atoms with Crippen molar-refractivity contribution in [2.75, 3.05) is 5.32 Å². The Morgan fingerprint density at radius 3 is 2.35 bits per heavy atom. The molecule has 3 heteroatoms. The van der Waals surface area contributed by atoms with E-state index in [1.54, 1.807) is 0 Å². The Balaban J connectivity index is 2.30. The highest BCUT2D eigenvalue weighted by Gasteiger charge is 2.03. The first kappa shape index (κ1) is 11.2. The van der Waals surface area contributed by atoms with E-state index < -0.39 is 0 Å². The SMILES string of the molecule is Cc1ccc(Nc2ccccc2C(=N)N)cc1. The van der Waals surface area contributed by atoms with E-state index in [0.717, 1.165) is 11.4 Å². The molecule has 4 N–H and O–H groups in total. The van der Waals surface area contributed by atoms with Gasteiger partial charge in [0.25, 0.3) is 0 Å². The lowest BCUT2D eigenvalue weighted by molar-refractivity contribution is 1.41. The van der Waals surface area contributed by atoms with Crippen molar-refractivity contribution >= 4 is 17.2 Å². The summed E-state index contributed by atoms with van der Waals surface area (Å²) in [6.45, 7) is 2.05. The van der Waals surface area contributed by atoms with Crippen LogP contribution >= 0.6 is 0 Å². The van der Waals surface area contributed by atoms with E-state index in [2.05, 4.69) is 5.32 Å². The van der Waals surface area contributed by atoms with Gasteiger partial charge in [-0.1, -0.05) is 29.8 Å². The van der Waals surface area contributed by atoms with Crippen LogP contribution in [0.4, 0.5) is 11.4 Å². The molecule has 0 aliphatic carbocycles. The topological polar surface area (TPSA) is 61.9 Å². The summed E-state index contributed by atoms with van der Waals surface area (Å²) in [6, 6.07) is 15.6. The second kappa shape index (κ2) is 4.70. The van der Waals surface area contributed by atoms with Gasteiger partial charge in [0.1, 0.15) is 5.84 Å². The van der Waals surface area contributed by atoms with Crippen LogP contribution in [-0.2, 0) is 0 Å². The number of nitrogen functional groups attached to an aromatic ring is 1. The Hall–Kier alpha value is -2.29. The van der Waals surface area contributed by atoms with E-state index in [0.29, 0.717) is 5.56 Å². The lowest BCUT2D eigenvalue weighted by Crippen LogP contribution is -2.13. The zero-order valence-electron chi connectivity index (χ0n) is 9.70. The van der Waals surface area contributed by atoms with E-state index in [1.807, 2.05) is 55.5 Å². The normalized spacial score (nSPS) is 9.94. The second-order valence-corrected chi connectivity index (χ2v) is 3.95. The van der Waals surface area contributed by atoms with Crippen LogP contribution in [0.2, 0.25) is 0 Å². The fourth-order valence-corrected chi connectivity index (χ4v) is 1.62. The predicted octanol–water partition coefficient (Wildman–Crippen LogP) is 3.02. The zero-order valence-corrected chi connectivity index (χ0v) is 9.70. The van der Waals surface area contributed by atoms with Gasteiger partial charge in [-0.05, 0) is 31.2 Å². The van der Waals surface area contributed by atoms with Crippen molar-refractivity contribution in [3.63, 3.8) is 0 Å². The number of nitrogens with one attached hydrogen (secondary N) is 2. The summed E-state index contributed by atoms with van der Waals surface area (Å²) in [5.41, 5.74) is 9.31. The van der Waals surface area contributed by atoms with E-state index in [4.69, 9.17) is 11.1 Å². The molecule has 0 aromatic heterocycles. The largest absolute Gasteiger partial charge is 0.384 e. The number of rotatable bonds is 3. The average molecular weight is 225 g/mol. The van der Waals surface area contributed by atoms with E-state index in [1.165, 1.54) is 5.56 Å². The van der Waals surface area contributed by atoms with Crippen molar-refractivity contribution in [3.05, 3.63) is 59.7 Å². The Bertz CT molecular complexity index is 529. The third-order valence-electron chi connectivity index (χ3n) is 2.55. The standard InChI is InChI=1S/C14H15N3/c1-10-6-8-11(9-7-10)17-13-5-3-2-4-12(13)14(15)16/h2-9,17H,1H3,(H3,15,16). The molecule has 0 atom stereocenters. The molecule has 0 radical (unpaired) electrons. The molecule has 0 aliphatic heterocycles. The number of anilines is 2. The number of para-hydroxylation sites is 1. The molecule has 0 bridgehead atoms. The first-order chi connectivity index (χ1) is 8.16. The molecule has 86 valence electrons. The monoisotopic (exact) mass is 225 g/mol. The fraction of sp³-hybridized carbons (Fsp3) is 0.0714. The molecule has 0 spiro atoms. The highest BCUT2D eigenvalue weighted by Crippen LogP contribution is 2.20. The Morgan fingerprint density at radius 2 is 1.71 bits per heavy atom. The molecule has 0 saturated carbocycles. The lowest BCUT2D eigenvalue weighted by atomic mass is 10.1. The van der Waals surface area contributed by atoms with Gasteiger partial charge in [0, 0.05) is 16.9 Å². The highest BCUT2D eigenvalue weighted by molar-refractivity contribution is 6.00. The number of hydrogen-bond acceptors (Lipinski definition) is 2. The molecule has 2 aromatic rings. The second-order valence-electron chi connectivity index (χ2n) is 3.95. The number of aryl methyl sites for hydroxylation is 1. The maximum Gasteiger partial charge on any atom is 0.124 e. The predicted molar refractivity (Wildman–Crippen MR) is 71.9 cm³/mol. The summed E-state index contributed by atoms with van der Waals surface area (Å²) in [7, 11) is 0. The first-order valence-electron chi connectivity index (χ1n) is 5.44. The van der Waals surface area contributed by atoms with Gasteiger partial charge in [-0.2, -0.15) is 0 Å². The van der Waals surface area contributed by atoms with Crippen LogP contribution in [0.3, 0.4) is 0 Å². The third-order valence-corrected chi connectivity index (χ3v) is 2.55. The van der Waals surface area contributed by atoms with Crippen LogP contribution in [0.15, 0.2) is 48.5 Å². The van der Waals surface area contributed by atoms with Crippen molar-refractivity contribution in [1.29, 1.82) is 5.41 Å². The molecule has 0 saturated heterocycles. The molecule has 0 unspecified atom stereocenters. The maximum atomic E-state index is 7.51. The molecule has 3 nitrogen and oxygen atoms in total. The van der Waals surface area contributed by atoms with E-state index in [-0.39, 0.29) is 5.84 Å². The molecule has 0 fully saturated rings. The molecule has 2 aromatic carbocycles. The lowest BCUT2D eigenvalue weighted by Gasteiger charge is -2.11. The Labute approximate surface area is 101 Å². The number of amidine groups is 1. The van der Waals surface area contributed by atoms with Crippen LogP contribution in [0.1, 0.15) is 11.1 Å². The van der Waals surface area contributed by atoms with Crippen LogP contribution < -0.4 is 11.1 Å². The molecule has 0 amide bonds. The minimum absolute atomic E-state index is 0.0696. The molecule has 17 heavy (non-hydrogen) atoms. The smallest absolute Gasteiger partial charge is 0.124 e. The first-order valence-corrected chi connectivity index (χ1v) is 5.44. The minimum atomic E-state index is 0.0696. The van der Waals surface area contributed by atoms with Crippen molar-refractivity contribution in [2.24, 2.45) is 5.73 Å². The van der Waals surface area contributed by atoms with Gasteiger partial charge < -0.3 is 11.1 Å². The van der Waals surface area contributed by atoms with Crippen LogP contribution in [0, 0.1) is 12.3 Å². The van der Waals surface area contributed by atoms with Crippen molar-refractivity contribution < 1.29 is 0 Å². The average Bonchev–Trinajstić information content (AvgIpc) is 2.32. The number of benzene rings is 2. The molecular formula is C14H15N3. The summed E-state index contributed by atoms with van der Waals surface area (Å²) in [5.74, 6) is 0.0696. The Morgan fingerprint density at radius 1 is 1.06 bits per heavy atom. The quantitative estimate of drug-likeness (QED) is 0.555. The van der Waals surface area contributed by atoms with Gasteiger partial charge in [-0.25, -0.2) is 0 Å². The fourth-order valence-electron chi connectivity index (χ4n) is 1.62.